The maximum Gasteiger partial charge on any atom is 0.191 e. The van der Waals surface area contributed by atoms with Gasteiger partial charge in [0.25, 0.3) is 0 Å². The number of aliphatic imine (C=N–C) groups is 1. The number of nitrogens with zero attached hydrogens (tertiary/aromatic N) is 3. The molecule has 1 aliphatic rings. The number of rotatable bonds is 10. The number of benzene rings is 1. The van der Waals surface area contributed by atoms with Gasteiger partial charge in [0, 0.05) is 13.1 Å². The highest BCUT2D eigenvalue weighted by Crippen LogP contribution is 2.26. The first-order chi connectivity index (χ1) is 15.1. The number of hydrogen-bond acceptors (Lipinski definition) is 5. The van der Waals surface area contributed by atoms with Crippen molar-refractivity contribution in [3.8, 4) is 5.75 Å². The van der Waals surface area contributed by atoms with E-state index in [2.05, 4.69) is 59.7 Å². The molecule has 7 heteroatoms. The highest BCUT2D eigenvalue weighted by atomic mass is 16.5. The molecule has 2 atom stereocenters. The van der Waals surface area contributed by atoms with Crippen molar-refractivity contribution in [2.24, 2.45) is 4.99 Å². The van der Waals surface area contributed by atoms with Gasteiger partial charge < -0.3 is 24.7 Å². The number of methoxy groups -OCH3 is 1. The molecule has 0 spiro atoms. The van der Waals surface area contributed by atoms with Crippen LogP contribution < -0.4 is 15.4 Å². The van der Waals surface area contributed by atoms with E-state index in [9.17, 15) is 0 Å². The van der Waals surface area contributed by atoms with Crippen LogP contribution in [0.4, 0.5) is 0 Å². The van der Waals surface area contributed by atoms with Crippen LogP contribution in [0.5, 0.6) is 5.75 Å². The summed E-state index contributed by atoms with van der Waals surface area (Å²) in [4.78, 5) is 9.61. The summed E-state index contributed by atoms with van der Waals surface area (Å²) in [5.74, 6) is 2.69. The molecule has 1 fully saturated rings. The third-order valence-corrected chi connectivity index (χ3v) is 5.78. The number of nitrogens with one attached hydrogen (secondary N) is 2. The molecule has 0 saturated carbocycles. The van der Waals surface area contributed by atoms with Crippen molar-refractivity contribution in [1.82, 2.24) is 20.4 Å². The zero-order chi connectivity index (χ0) is 22.1. The van der Waals surface area contributed by atoms with Crippen LogP contribution in [0.2, 0.25) is 0 Å². The van der Waals surface area contributed by atoms with Crippen LogP contribution in [-0.2, 0) is 0 Å². The van der Waals surface area contributed by atoms with E-state index in [1.165, 1.54) is 18.4 Å². The fourth-order valence-electron chi connectivity index (χ4n) is 4.08. The van der Waals surface area contributed by atoms with Crippen LogP contribution in [0.15, 0.2) is 52.1 Å². The molecule has 2 unspecified atom stereocenters. The average Bonchev–Trinajstić information content (AvgIpc) is 3.49. The Morgan fingerprint density at radius 1 is 1.19 bits per heavy atom. The van der Waals surface area contributed by atoms with Crippen molar-refractivity contribution in [3.05, 3.63) is 54.0 Å². The molecular weight excluding hydrogens is 390 g/mol. The van der Waals surface area contributed by atoms with E-state index in [0.717, 1.165) is 43.6 Å². The van der Waals surface area contributed by atoms with E-state index < -0.39 is 0 Å². The Labute approximate surface area is 186 Å². The van der Waals surface area contributed by atoms with Gasteiger partial charge in [0.15, 0.2) is 5.96 Å². The number of hydrogen-bond donors (Lipinski definition) is 2. The topological polar surface area (TPSA) is 65.3 Å². The lowest BCUT2D eigenvalue weighted by Gasteiger charge is -2.27. The smallest absolute Gasteiger partial charge is 0.191 e. The molecule has 31 heavy (non-hydrogen) atoms. The quantitative estimate of drug-likeness (QED) is 0.448. The summed E-state index contributed by atoms with van der Waals surface area (Å²) in [5, 5.41) is 6.93. The summed E-state index contributed by atoms with van der Waals surface area (Å²) in [6, 6.07) is 12.6. The first kappa shape index (κ1) is 23.2. The Bertz CT molecular complexity index is 800. The SMILES string of the molecule is CCNC(=NCC(c1ccco1)N1CCCC1)NCC(c1cccc(OC)c1)N(C)C. The number of furan rings is 1. The Morgan fingerprint density at radius 3 is 2.65 bits per heavy atom. The van der Waals surface area contributed by atoms with Crippen LogP contribution in [0.3, 0.4) is 0 Å². The van der Waals surface area contributed by atoms with Gasteiger partial charge in [-0.25, -0.2) is 0 Å². The number of guanidine groups is 1. The third kappa shape index (κ3) is 6.48. The van der Waals surface area contributed by atoms with Gasteiger partial charge >= 0.3 is 0 Å². The Balaban J connectivity index is 1.70. The second-order valence-electron chi connectivity index (χ2n) is 8.13. The third-order valence-electron chi connectivity index (χ3n) is 5.78. The molecule has 1 aliphatic heterocycles. The molecule has 170 valence electrons. The molecule has 1 saturated heterocycles. The van der Waals surface area contributed by atoms with Crippen LogP contribution in [-0.4, -0.2) is 69.7 Å². The van der Waals surface area contributed by atoms with Gasteiger partial charge in [-0.15, -0.1) is 0 Å². The predicted molar refractivity (Wildman–Crippen MR) is 126 cm³/mol. The summed E-state index contributed by atoms with van der Waals surface area (Å²) < 4.78 is 11.1. The maximum atomic E-state index is 5.74. The molecule has 1 aromatic heterocycles. The number of ether oxygens (including phenoxy) is 1. The highest BCUT2D eigenvalue weighted by molar-refractivity contribution is 5.79. The summed E-state index contributed by atoms with van der Waals surface area (Å²) in [6.07, 6.45) is 4.23. The van der Waals surface area contributed by atoms with Gasteiger partial charge in [0.05, 0.1) is 32.0 Å². The summed E-state index contributed by atoms with van der Waals surface area (Å²) in [6.45, 7) is 6.50. The van der Waals surface area contributed by atoms with Crippen LogP contribution in [0.25, 0.3) is 0 Å². The van der Waals surface area contributed by atoms with E-state index in [4.69, 9.17) is 14.1 Å². The Morgan fingerprint density at radius 2 is 2.00 bits per heavy atom. The predicted octanol–water partition coefficient (Wildman–Crippen LogP) is 3.28. The largest absolute Gasteiger partial charge is 0.497 e. The Hall–Kier alpha value is -2.51. The van der Waals surface area contributed by atoms with E-state index in [1.54, 1.807) is 13.4 Å². The molecule has 2 aromatic rings. The molecule has 2 heterocycles. The lowest BCUT2D eigenvalue weighted by atomic mass is 10.1. The first-order valence-corrected chi connectivity index (χ1v) is 11.2. The number of likely N-dealkylation sites (tertiary alicyclic amines) is 1. The standard InChI is InChI=1S/C24H37N5O2/c1-5-25-24(26-17-21(28(2)3)19-10-8-11-20(16-19)30-4)27-18-22(23-12-9-15-31-23)29-13-6-7-14-29/h8-12,15-16,21-22H,5-7,13-14,17-18H2,1-4H3,(H2,25,26,27). The zero-order valence-corrected chi connectivity index (χ0v) is 19.3. The lowest BCUT2D eigenvalue weighted by molar-refractivity contribution is 0.221. The lowest BCUT2D eigenvalue weighted by Crippen LogP contribution is -2.42. The van der Waals surface area contributed by atoms with E-state index >= 15 is 0 Å². The molecule has 2 N–H and O–H groups in total. The molecular formula is C24H37N5O2. The minimum Gasteiger partial charge on any atom is -0.497 e. The van der Waals surface area contributed by atoms with Crippen molar-refractivity contribution in [2.75, 3.05) is 53.9 Å². The van der Waals surface area contributed by atoms with Gasteiger partial charge in [-0.2, -0.15) is 0 Å². The van der Waals surface area contributed by atoms with Gasteiger partial charge in [-0.05, 0) is 76.8 Å². The summed E-state index contributed by atoms with van der Waals surface area (Å²) in [7, 11) is 5.89. The Kier molecular flexibility index (Phi) is 8.79. The van der Waals surface area contributed by atoms with Crippen molar-refractivity contribution in [1.29, 1.82) is 0 Å². The van der Waals surface area contributed by atoms with Crippen LogP contribution in [0.1, 0.15) is 43.2 Å². The van der Waals surface area contributed by atoms with E-state index in [0.29, 0.717) is 6.54 Å². The molecule has 3 rings (SSSR count). The highest BCUT2D eigenvalue weighted by Gasteiger charge is 2.25. The fraction of sp³-hybridized carbons (Fsp3) is 0.542. The van der Waals surface area contributed by atoms with Gasteiger partial charge in [-0.1, -0.05) is 12.1 Å². The van der Waals surface area contributed by atoms with E-state index in [-0.39, 0.29) is 12.1 Å². The second kappa shape index (κ2) is 11.8. The monoisotopic (exact) mass is 427 g/mol. The molecule has 7 nitrogen and oxygen atoms in total. The van der Waals surface area contributed by atoms with Gasteiger partial charge in [0.2, 0.25) is 0 Å². The van der Waals surface area contributed by atoms with Crippen molar-refractivity contribution >= 4 is 5.96 Å². The van der Waals surface area contributed by atoms with Gasteiger partial charge in [-0.3, -0.25) is 9.89 Å². The molecule has 0 amide bonds. The van der Waals surface area contributed by atoms with E-state index in [1.807, 2.05) is 18.2 Å². The minimum atomic E-state index is 0.177. The second-order valence-corrected chi connectivity index (χ2v) is 8.13. The average molecular weight is 428 g/mol. The first-order valence-electron chi connectivity index (χ1n) is 11.2. The van der Waals surface area contributed by atoms with Crippen molar-refractivity contribution in [3.63, 3.8) is 0 Å². The molecule has 1 aromatic carbocycles. The van der Waals surface area contributed by atoms with Crippen molar-refractivity contribution in [2.45, 2.75) is 31.8 Å². The normalized spacial score (nSPS) is 17.0. The van der Waals surface area contributed by atoms with Crippen molar-refractivity contribution < 1.29 is 9.15 Å². The minimum absolute atomic E-state index is 0.177. The maximum absolute atomic E-state index is 5.74. The summed E-state index contributed by atoms with van der Waals surface area (Å²) in [5.41, 5.74) is 1.21. The number of likely N-dealkylation sites (N-methyl/N-ethyl adjacent to an activating group) is 1. The van der Waals surface area contributed by atoms with Gasteiger partial charge in [0.1, 0.15) is 11.5 Å². The molecule has 0 aliphatic carbocycles. The summed E-state index contributed by atoms with van der Waals surface area (Å²) >= 11 is 0. The van der Waals surface area contributed by atoms with Crippen LogP contribution >= 0.6 is 0 Å². The van der Waals surface area contributed by atoms with Crippen LogP contribution in [0, 0.1) is 0 Å². The molecule has 0 radical (unpaired) electrons. The zero-order valence-electron chi connectivity index (χ0n) is 19.3. The fourth-order valence-corrected chi connectivity index (χ4v) is 4.08. The molecule has 0 bridgehead atoms.